The van der Waals surface area contributed by atoms with Crippen molar-refractivity contribution >= 4 is 5.96 Å². The molecule has 5 heteroatoms. The van der Waals surface area contributed by atoms with Crippen molar-refractivity contribution in [2.24, 2.45) is 4.99 Å². The van der Waals surface area contributed by atoms with Gasteiger partial charge in [0.15, 0.2) is 5.96 Å². The molecule has 0 saturated carbocycles. The van der Waals surface area contributed by atoms with E-state index >= 15 is 0 Å². The molecular weight excluding hydrogens is 278 g/mol. The summed E-state index contributed by atoms with van der Waals surface area (Å²) in [6.07, 6.45) is 0.944. The van der Waals surface area contributed by atoms with Gasteiger partial charge >= 0.3 is 0 Å². The predicted molar refractivity (Wildman–Crippen MR) is 91.5 cm³/mol. The number of hydrogen-bond acceptors (Lipinski definition) is 3. The first-order chi connectivity index (χ1) is 10.7. The number of guanidine groups is 1. The van der Waals surface area contributed by atoms with Crippen molar-refractivity contribution < 1.29 is 9.47 Å². The summed E-state index contributed by atoms with van der Waals surface area (Å²) in [5, 5.41) is 3.33. The molecule has 0 fully saturated rings. The summed E-state index contributed by atoms with van der Waals surface area (Å²) >= 11 is 0. The van der Waals surface area contributed by atoms with Crippen molar-refractivity contribution in [1.29, 1.82) is 0 Å². The van der Waals surface area contributed by atoms with Gasteiger partial charge in [-0.05, 0) is 38.0 Å². The number of benzene rings is 1. The predicted octanol–water partition coefficient (Wildman–Crippen LogP) is 2.52. The smallest absolute Gasteiger partial charge is 0.193 e. The van der Waals surface area contributed by atoms with Crippen LogP contribution in [0, 0.1) is 0 Å². The zero-order valence-corrected chi connectivity index (χ0v) is 14.3. The highest BCUT2D eigenvalue weighted by atomic mass is 16.5. The Labute approximate surface area is 134 Å². The Bertz CT molecular complexity index is 432. The van der Waals surface area contributed by atoms with Gasteiger partial charge in [-0.15, -0.1) is 0 Å². The fraction of sp³-hybridized carbons (Fsp3) is 0.588. The highest BCUT2D eigenvalue weighted by molar-refractivity contribution is 5.79. The molecule has 0 unspecified atom stereocenters. The summed E-state index contributed by atoms with van der Waals surface area (Å²) in [5.74, 6) is 1.80. The van der Waals surface area contributed by atoms with E-state index in [1.54, 1.807) is 7.11 Å². The van der Waals surface area contributed by atoms with Crippen LogP contribution in [0.5, 0.6) is 5.75 Å². The maximum absolute atomic E-state index is 5.34. The minimum Gasteiger partial charge on any atom is -0.497 e. The summed E-state index contributed by atoms with van der Waals surface area (Å²) in [6, 6.07) is 8.12. The van der Waals surface area contributed by atoms with Crippen LogP contribution in [0.25, 0.3) is 0 Å². The summed E-state index contributed by atoms with van der Waals surface area (Å²) in [5.41, 5.74) is 1.23. The molecule has 5 nitrogen and oxygen atoms in total. The summed E-state index contributed by atoms with van der Waals surface area (Å²) in [6.45, 7) is 8.06. The Morgan fingerprint density at radius 2 is 1.95 bits per heavy atom. The van der Waals surface area contributed by atoms with Crippen LogP contribution in [0.3, 0.4) is 0 Å². The van der Waals surface area contributed by atoms with Crippen molar-refractivity contribution in [2.45, 2.75) is 26.8 Å². The van der Waals surface area contributed by atoms with Gasteiger partial charge in [0.05, 0.1) is 7.11 Å². The first kappa shape index (κ1) is 18.3. The van der Waals surface area contributed by atoms with Gasteiger partial charge in [0.1, 0.15) is 5.75 Å². The molecule has 1 aromatic carbocycles. The second-order valence-electron chi connectivity index (χ2n) is 4.99. The Morgan fingerprint density at radius 1 is 1.23 bits per heavy atom. The number of aliphatic imine (C=N–C) groups is 1. The topological polar surface area (TPSA) is 46.1 Å². The van der Waals surface area contributed by atoms with Crippen LogP contribution in [0.15, 0.2) is 29.3 Å². The monoisotopic (exact) mass is 307 g/mol. The fourth-order valence-electron chi connectivity index (χ4n) is 2.05. The van der Waals surface area contributed by atoms with Crippen LogP contribution >= 0.6 is 0 Å². The van der Waals surface area contributed by atoms with E-state index in [9.17, 15) is 0 Å². The molecule has 0 heterocycles. The Kier molecular flexibility index (Phi) is 9.07. The van der Waals surface area contributed by atoms with Crippen LogP contribution in [0.4, 0.5) is 0 Å². The number of hydrogen-bond donors (Lipinski definition) is 1. The van der Waals surface area contributed by atoms with E-state index in [1.165, 1.54) is 5.56 Å². The molecular formula is C17H29N3O2. The lowest BCUT2D eigenvalue weighted by Gasteiger charge is -2.22. The molecule has 0 aliphatic heterocycles. The normalized spacial score (nSPS) is 11.4. The number of ether oxygens (including phenoxy) is 2. The van der Waals surface area contributed by atoms with E-state index in [-0.39, 0.29) is 0 Å². The van der Waals surface area contributed by atoms with Crippen LogP contribution < -0.4 is 10.1 Å². The lowest BCUT2D eigenvalue weighted by molar-refractivity contribution is 0.146. The molecule has 0 aliphatic rings. The van der Waals surface area contributed by atoms with Gasteiger partial charge in [0.2, 0.25) is 0 Å². The molecule has 0 aliphatic carbocycles. The van der Waals surface area contributed by atoms with E-state index < -0.39 is 0 Å². The highest BCUT2D eigenvalue weighted by Crippen LogP contribution is 2.12. The van der Waals surface area contributed by atoms with Gasteiger partial charge in [-0.1, -0.05) is 12.1 Å². The molecule has 0 radical (unpaired) electrons. The third kappa shape index (κ3) is 6.80. The largest absolute Gasteiger partial charge is 0.497 e. The van der Waals surface area contributed by atoms with Crippen LogP contribution in [-0.4, -0.2) is 51.3 Å². The Hall–Kier alpha value is -1.75. The zero-order chi connectivity index (χ0) is 16.2. The first-order valence-electron chi connectivity index (χ1n) is 7.91. The second-order valence-corrected chi connectivity index (χ2v) is 4.99. The zero-order valence-electron chi connectivity index (χ0n) is 14.3. The number of nitrogens with zero attached hydrogens (tertiary/aromatic N) is 2. The van der Waals surface area contributed by atoms with Crippen molar-refractivity contribution in [2.75, 3.05) is 40.5 Å². The molecule has 0 amide bonds. The van der Waals surface area contributed by atoms with Gasteiger partial charge in [-0.2, -0.15) is 0 Å². The van der Waals surface area contributed by atoms with E-state index in [4.69, 9.17) is 9.47 Å². The minimum atomic E-state index is 0.765. The lowest BCUT2D eigenvalue weighted by Crippen LogP contribution is -2.38. The first-order valence-corrected chi connectivity index (χ1v) is 7.91. The molecule has 0 aromatic heterocycles. The van der Waals surface area contributed by atoms with Crippen molar-refractivity contribution in [3.63, 3.8) is 0 Å². The van der Waals surface area contributed by atoms with Crippen molar-refractivity contribution in [3.05, 3.63) is 29.8 Å². The summed E-state index contributed by atoms with van der Waals surface area (Å²) in [7, 11) is 3.73. The number of nitrogens with one attached hydrogen (secondary N) is 1. The molecule has 22 heavy (non-hydrogen) atoms. The molecule has 0 atom stereocenters. The van der Waals surface area contributed by atoms with E-state index in [1.807, 2.05) is 26.1 Å². The lowest BCUT2D eigenvalue weighted by atomic mass is 10.2. The maximum atomic E-state index is 5.34. The van der Waals surface area contributed by atoms with Gasteiger partial charge in [0, 0.05) is 39.9 Å². The van der Waals surface area contributed by atoms with E-state index in [2.05, 4.69) is 34.3 Å². The number of rotatable bonds is 9. The third-order valence-electron chi connectivity index (χ3n) is 3.19. The molecule has 1 N–H and O–H groups in total. The van der Waals surface area contributed by atoms with Crippen LogP contribution in [-0.2, 0) is 11.3 Å². The molecule has 1 aromatic rings. The SMILES string of the molecule is CCNC(=NCCCOCC)N(C)Cc1ccc(OC)cc1. The molecule has 124 valence electrons. The van der Waals surface area contributed by atoms with Gasteiger partial charge in [-0.25, -0.2) is 0 Å². The van der Waals surface area contributed by atoms with Crippen LogP contribution in [0.2, 0.25) is 0 Å². The Morgan fingerprint density at radius 3 is 2.55 bits per heavy atom. The highest BCUT2D eigenvalue weighted by Gasteiger charge is 2.06. The molecule has 0 bridgehead atoms. The molecule has 0 spiro atoms. The van der Waals surface area contributed by atoms with E-state index in [0.29, 0.717) is 0 Å². The summed E-state index contributed by atoms with van der Waals surface area (Å²) in [4.78, 5) is 6.77. The minimum absolute atomic E-state index is 0.765. The molecule has 1 rings (SSSR count). The number of methoxy groups -OCH3 is 1. The van der Waals surface area contributed by atoms with Gasteiger partial charge in [0.25, 0.3) is 0 Å². The molecule has 0 saturated heterocycles. The van der Waals surface area contributed by atoms with Crippen molar-refractivity contribution in [3.8, 4) is 5.75 Å². The van der Waals surface area contributed by atoms with Crippen LogP contribution in [0.1, 0.15) is 25.8 Å². The van der Waals surface area contributed by atoms with Gasteiger partial charge < -0.3 is 19.7 Å². The average Bonchev–Trinajstić information content (AvgIpc) is 2.54. The standard InChI is InChI=1S/C17H29N3O2/c1-5-18-17(19-12-7-13-22-6-2)20(3)14-15-8-10-16(21-4)11-9-15/h8-11H,5-7,12-14H2,1-4H3,(H,18,19). The van der Waals surface area contributed by atoms with E-state index in [0.717, 1.165) is 51.0 Å². The second kappa shape index (κ2) is 10.9. The third-order valence-corrected chi connectivity index (χ3v) is 3.19. The maximum Gasteiger partial charge on any atom is 0.193 e. The Balaban J connectivity index is 2.55. The van der Waals surface area contributed by atoms with Gasteiger partial charge in [-0.3, -0.25) is 4.99 Å². The quantitative estimate of drug-likeness (QED) is 0.432. The summed E-state index contributed by atoms with van der Waals surface area (Å²) < 4.78 is 10.5. The van der Waals surface area contributed by atoms with Crippen molar-refractivity contribution in [1.82, 2.24) is 10.2 Å². The average molecular weight is 307 g/mol. The fourth-order valence-corrected chi connectivity index (χ4v) is 2.05.